The maximum atomic E-state index is 13.5. The van der Waals surface area contributed by atoms with Crippen LogP contribution in [-0.4, -0.2) is 36.8 Å². The molecule has 222 valence electrons. The van der Waals surface area contributed by atoms with Crippen molar-refractivity contribution in [2.24, 2.45) is 0 Å². The normalized spacial score (nSPS) is 20.9. The molecule has 3 aliphatic heterocycles. The van der Waals surface area contributed by atoms with Crippen LogP contribution in [-0.2, 0) is 11.3 Å². The van der Waals surface area contributed by atoms with E-state index in [9.17, 15) is 18.0 Å². The van der Waals surface area contributed by atoms with Gasteiger partial charge in [0.05, 0.1) is 0 Å². The maximum absolute atomic E-state index is 13.5. The van der Waals surface area contributed by atoms with Gasteiger partial charge in [-0.3, -0.25) is 4.79 Å². The molecule has 1 amide bonds. The van der Waals surface area contributed by atoms with Crippen LogP contribution in [0.15, 0.2) is 94.5 Å². The molecule has 10 heteroatoms. The number of rotatable bonds is 7. The highest BCUT2D eigenvalue weighted by Gasteiger charge is 2.31. The standard InChI is InChI=1S/C32H34BrF3N4O2/c1-2-29-30(40-19-15-25(33)20-27(40)4-3-16-37-29)31(41)38-21-22-5-9-26(10-6-22)39-17-13-24(14-18-39)23-7-11-28(12-8-23)42-32(34,35)36/h4-12,15,19-20,24,37H,2-3,13-14,16-18,21H2,1H3,(H,38,41)/b27-4+,30-29-. The second kappa shape index (κ2) is 13.1. The minimum absolute atomic E-state index is 0.132. The van der Waals surface area contributed by atoms with Crippen LogP contribution in [0.4, 0.5) is 18.9 Å². The number of halogens is 4. The highest BCUT2D eigenvalue weighted by atomic mass is 79.9. The number of amides is 1. The Labute approximate surface area is 252 Å². The number of ether oxygens (including phenoxy) is 1. The molecule has 3 aliphatic rings. The van der Waals surface area contributed by atoms with Gasteiger partial charge in [-0.25, -0.2) is 0 Å². The molecule has 1 fully saturated rings. The molecule has 42 heavy (non-hydrogen) atoms. The average molecular weight is 644 g/mol. The summed E-state index contributed by atoms with van der Waals surface area (Å²) in [5.74, 6) is -0.0333. The number of allylic oxidation sites excluding steroid dienone is 4. The van der Waals surface area contributed by atoms with Crippen molar-refractivity contribution in [1.29, 1.82) is 0 Å². The molecule has 3 heterocycles. The van der Waals surface area contributed by atoms with E-state index < -0.39 is 6.36 Å². The smallest absolute Gasteiger partial charge is 0.406 e. The Morgan fingerprint density at radius 1 is 1.10 bits per heavy atom. The van der Waals surface area contributed by atoms with Crippen molar-refractivity contribution in [3.63, 3.8) is 0 Å². The van der Waals surface area contributed by atoms with Gasteiger partial charge in [0.2, 0.25) is 0 Å². The monoisotopic (exact) mass is 642 g/mol. The first-order chi connectivity index (χ1) is 20.2. The lowest BCUT2D eigenvalue weighted by atomic mass is 9.89. The van der Waals surface area contributed by atoms with Crippen LogP contribution in [0.2, 0.25) is 0 Å². The first-order valence-corrected chi connectivity index (χ1v) is 15.0. The van der Waals surface area contributed by atoms with Crippen LogP contribution in [0.25, 0.3) is 0 Å². The van der Waals surface area contributed by atoms with E-state index in [4.69, 9.17) is 0 Å². The molecule has 0 spiro atoms. The third-order valence-electron chi connectivity index (χ3n) is 7.71. The summed E-state index contributed by atoms with van der Waals surface area (Å²) in [7, 11) is 0. The van der Waals surface area contributed by atoms with Crippen molar-refractivity contribution < 1.29 is 22.7 Å². The zero-order valence-electron chi connectivity index (χ0n) is 23.4. The molecule has 0 aromatic heterocycles. The molecule has 0 bridgehead atoms. The van der Waals surface area contributed by atoms with E-state index in [0.29, 0.717) is 24.6 Å². The van der Waals surface area contributed by atoms with Crippen LogP contribution in [0, 0.1) is 0 Å². The van der Waals surface area contributed by atoms with Gasteiger partial charge in [-0.15, -0.1) is 13.2 Å². The summed E-state index contributed by atoms with van der Waals surface area (Å²) < 4.78 is 42.3. The van der Waals surface area contributed by atoms with Gasteiger partial charge in [-0.2, -0.15) is 0 Å². The van der Waals surface area contributed by atoms with Crippen molar-refractivity contribution in [1.82, 2.24) is 15.5 Å². The molecule has 0 saturated carbocycles. The number of hydrogen-bond donors (Lipinski definition) is 2. The predicted octanol–water partition coefficient (Wildman–Crippen LogP) is 7.19. The van der Waals surface area contributed by atoms with Crippen LogP contribution in [0.3, 0.4) is 0 Å². The molecular weight excluding hydrogens is 609 g/mol. The second-order valence-corrected chi connectivity index (χ2v) is 11.4. The molecule has 0 aliphatic carbocycles. The number of carbonyl (C=O) groups is 1. The van der Waals surface area contributed by atoms with E-state index in [-0.39, 0.29) is 11.7 Å². The zero-order chi connectivity index (χ0) is 29.7. The fourth-order valence-electron chi connectivity index (χ4n) is 5.57. The lowest BCUT2D eigenvalue weighted by Crippen LogP contribution is -2.37. The molecule has 0 unspecified atom stereocenters. The summed E-state index contributed by atoms with van der Waals surface area (Å²) in [5.41, 5.74) is 5.65. The molecule has 6 nitrogen and oxygen atoms in total. The number of anilines is 1. The van der Waals surface area contributed by atoms with Gasteiger partial charge in [-0.05, 0) is 79.1 Å². The number of alkyl halides is 3. The number of piperidine rings is 1. The number of carbonyl (C=O) groups excluding carboxylic acids is 1. The summed E-state index contributed by atoms with van der Waals surface area (Å²) in [4.78, 5) is 17.7. The summed E-state index contributed by atoms with van der Waals surface area (Å²) in [6.07, 6.45) is 6.73. The summed E-state index contributed by atoms with van der Waals surface area (Å²) in [6, 6.07) is 14.5. The van der Waals surface area contributed by atoms with Gasteiger partial charge < -0.3 is 25.2 Å². The second-order valence-electron chi connectivity index (χ2n) is 10.5. The fraction of sp³-hybridized carbons (Fsp3) is 0.344. The van der Waals surface area contributed by atoms with E-state index in [1.165, 1.54) is 12.1 Å². The first kappa shape index (κ1) is 29.8. The molecule has 1 saturated heterocycles. The van der Waals surface area contributed by atoms with E-state index in [1.54, 1.807) is 12.1 Å². The van der Waals surface area contributed by atoms with Crippen LogP contribution in [0.1, 0.15) is 49.7 Å². The minimum Gasteiger partial charge on any atom is -0.406 e. The predicted molar refractivity (Wildman–Crippen MR) is 162 cm³/mol. The van der Waals surface area contributed by atoms with Gasteiger partial charge >= 0.3 is 6.36 Å². The molecule has 0 atom stereocenters. The van der Waals surface area contributed by atoms with Crippen molar-refractivity contribution >= 4 is 27.5 Å². The molecule has 2 aromatic carbocycles. The number of benzene rings is 2. The van der Waals surface area contributed by atoms with Crippen molar-refractivity contribution in [3.8, 4) is 5.75 Å². The third kappa shape index (κ3) is 7.40. The van der Waals surface area contributed by atoms with Gasteiger partial charge in [0.1, 0.15) is 11.4 Å². The van der Waals surface area contributed by atoms with E-state index in [2.05, 4.69) is 54.4 Å². The van der Waals surface area contributed by atoms with Crippen molar-refractivity contribution in [2.75, 3.05) is 24.5 Å². The molecule has 2 N–H and O–H groups in total. The van der Waals surface area contributed by atoms with E-state index in [1.807, 2.05) is 42.3 Å². The van der Waals surface area contributed by atoms with Crippen molar-refractivity contribution in [2.45, 2.75) is 51.4 Å². The molecular formula is C32H34BrF3N4O2. The lowest BCUT2D eigenvalue weighted by molar-refractivity contribution is -0.274. The van der Waals surface area contributed by atoms with Crippen LogP contribution < -0.4 is 20.3 Å². The van der Waals surface area contributed by atoms with Gasteiger partial charge in [-0.1, -0.05) is 53.2 Å². The molecule has 0 radical (unpaired) electrons. The van der Waals surface area contributed by atoms with Gasteiger partial charge in [0.25, 0.3) is 5.91 Å². The first-order valence-electron chi connectivity index (χ1n) is 14.2. The SMILES string of the molecule is CC/C1=C(\C(=O)NCc2ccc(N3CCC(c4ccc(OC(F)(F)F)cc4)CC3)cc2)N2C=CC(Br)=C/C2=C\CCN1. The highest BCUT2D eigenvalue weighted by molar-refractivity contribution is 9.11. The number of fused-ring (bicyclic) bond motifs is 1. The maximum Gasteiger partial charge on any atom is 0.573 e. The summed E-state index contributed by atoms with van der Waals surface area (Å²) in [5, 5.41) is 6.53. The zero-order valence-corrected chi connectivity index (χ0v) is 25.0. The molecule has 5 rings (SSSR count). The van der Waals surface area contributed by atoms with Gasteiger partial charge in [0, 0.05) is 53.9 Å². The third-order valence-corrected chi connectivity index (χ3v) is 8.21. The fourth-order valence-corrected chi connectivity index (χ4v) is 5.92. The van der Waals surface area contributed by atoms with Crippen LogP contribution in [0.5, 0.6) is 5.75 Å². The van der Waals surface area contributed by atoms with E-state index in [0.717, 1.165) is 71.6 Å². The summed E-state index contributed by atoms with van der Waals surface area (Å²) >= 11 is 3.54. The quantitative estimate of drug-likeness (QED) is 0.335. The number of hydrogen-bond acceptors (Lipinski definition) is 5. The topological polar surface area (TPSA) is 56.8 Å². The Bertz CT molecular complexity index is 1390. The largest absolute Gasteiger partial charge is 0.573 e. The highest BCUT2D eigenvalue weighted by Crippen LogP contribution is 2.33. The summed E-state index contributed by atoms with van der Waals surface area (Å²) in [6.45, 7) is 4.93. The molecule has 2 aromatic rings. The Hall–Kier alpha value is -3.66. The van der Waals surface area contributed by atoms with Crippen molar-refractivity contribution in [3.05, 3.63) is 106 Å². The Kier molecular flexibility index (Phi) is 9.30. The Morgan fingerprint density at radius 3 is 2.48 bits per heavy atom. The lowest BCUT2D eigenvalue weighted by Gasteiger charge is -2.34. The van der Waals surface area contributed by atoms with Crippen LogP contribution >= 0.6 is 15.9 Å². The number of nitrogens with one attached hydrogen (secondary N) is 2. The van der Waals surface area contributed by atoms with E-state index >= 15 is 0 Å². The number of nitrogens with zero attached hydrogens (tertiary/aromatic N) is 2. The minimum atomic E-state index is -4.68. The average Bonchev–Trinajstić information content (AvgIpc) is 2.97. The Morgan fingerprint density at radius 2 is 1.81 bits per heavy atom. The Balaban J connectivity index is 1.16. The van der Waals surface area contributed by atoms with Gasteiger partial charge in [0.15, 0.2) is 0 Å².